The number of aromatic amines is 1. The molecule has 0 aromatic carbocycles. The highest BCUT2D eigenvalue weighted by atomic mass is 16.5. The maximum atomic E-state index is 11.6. The van der Waals surface area contributed by atoms with E-state index in [9.17, 15) is 4.79 Å². The zero-order valence-electron chi connectivity index (χ0n) is 17.5. The molecule has 1 unspecified atom stereocenters. The maximum absolute atomic E-state index is 11.6. The summed E-state index contributed by atoms with van der Waals surface area (Å²) in [6.07, 6.45) is 6.35. The number of likely N-dealkylation sites (tertiary alicyclic amines) is 1. The summed E-state index contributed by atoms with van der Waals surface area (Å²) in [6, 6.07) is 5.72. The monoisotopic (exact) mass is 384 g/mol. The maximum Gasteiger partial charge on any atom is 0.250 e. The van der Waals surface area contributed by atoms with Gasteiger partial charge in [0.1, 0.15) is 5.82 Å². The second kappa shape index (κ2) is 8.53. The largest absolute Gasteiger partial charge is 0.381 e. The van der Waals surface area contributed by atoms with Crippen molar-refractivity contribution in [1.29, 1.82) is 0 Å². The van der Waals surface area contributed by atoms with E-state index >= 15 is 0 Å². The topological polar surface area (TPSA) is 71.1 Å². The van der Waals surface area contributed by atoms with E-state index in [-0.39, 0.29) is 16.5 Å². The molecule has 0 spiro atoms. The first-order valence-corrected chi connectivity index (χ1v) is 10.1. The van der Waals surface area contributed by atoms with Crippen molar-refractivity contribution in [2.75, 3.05) is 26.3 Å². The molecular weight excluding hydrogens is 352 g/mol. The lowest BCUT2D eigenvalue weighted by Crippen LogP contribution is -2.42. The average Bonchev–Trinajstić information content (AvgIpc) is 3.11. The van der Waals surface area contributed by atoms with E-state index in [4.69, 9.17) is 4.74 Å². The first-order valence-electron chi connectivity index (χ1n) is 10.1. The molecule has 0 aliphatic carbocycles. The van der Waals surface area contributed by atoms with Gasteiger partial charge in [0, 0.05) is 54.7 Å². The fraction of sp³-hybridized carbons (Fsp3) is 0.591. The van der Waals surface area contributed by atoms with Crippen LogP contribution in [0.5, 0.6) is 0 Å². The molecule has 6 heteroatoms. The van der Waals surface area contributed by atoms with Gasteiger partial charge in [-0.1, -0.05) is 6.07 Å². The van der Waals surface area contributed by atoms with Crippen LogP contribution in [0.2, 0.25) is 0 Å². The molecule has 28 heavy (non-hydrogen) atoms. The lowest BCUT2D eigenvalue weighted by molar-refractivity contribution is 0.0382. The van der Waals surface area contributed by atoms with Crippen LogP contribution in [0.15, 0.2) is 35.4 Å². The highest BCUT2D eigenvalue weighted by molar-refractivity contribution is 5.22. The summed E-state index contributed by atoms with van der Waals surface area (Å²) in [6.45, 7) is 12.0. The molecule has 1 aliphatic heterocycles. The molecule has 1 aliphatic rings. The van der Waals surface area contributed by atoms with Crippen molar-refractivity contribution in [2.45, 2.75) is 52.5 Å². The molecule has 1 N–H and O–H groups in total. The van der Waals surface area contributed by atoms with E-state index in [0.29, 0.717) is 6.61 Å². The molecule has 0 amide bonds. The van der Waals surface area contributed by atoms with Crippen molar-refractivity contribution < 1.29 is 4.74 Å². The Morgan fingerprint density at radius 2 is 2.11 bits per heavy atom. The molecule has 3 heterocycles. The smallest absolute Gasteiger partial charge is 0.250 e. The first kappa shape index (κ1) is 20.7. The summed E-state index contributed by atoms with van der Waals surface area (Å²) < 4.78 is 5.88. The molecule has 0 radical (unpaired) electrons. The Labute approximate surface area is 167 Å². The van der Waals surface area contributed by atoms with Crippen molar-refractivity contribution in [1.82, 2.24) is 19.9 Å². The van der Waals surface area contributed by atoms with Gasteiger partial charge in [0.15, 0.2) is 0 Å². The minimum atomic E-state index is -0.0927. The van der Waals surface area contributed by atoms with Crippen LogP contribution < -0.4 is 5.56 Å². The molecule has 0 saturated carbocycles. The van der Waals surface area contributed by atoms with Gasteiger partial charge in [-0.25, -0.2) is 4.98 Å². The third-order valence-corrected chi connectivity index (χ3v) is 6.07. The van der Waals surface area contributed by atoms with Gasteiger partial charge < -0.3 is 9.72 Å². The van der Waals surface area contributed by atoms with Gasteiger partial charge in [0.2, 0.25) is 0 Å². The van der Waals surface area contributed by atoms with Crippen LogP contribution in [-0.2, 0) is 16.7 Å². The quantitative estimate of drug-likeness (QED) is 0.757. The highest BCUT2D eigenvalue weighted by Crippen LogP contribution is 2.41. The van der Waals surface area contributed by atoms with Crippen LogP contribution in [0, 0.1) is 12.3 Å². The number of nitrogens with zero attached hydrogens (tertiary/aromatic N) is 3. The molecule has 1 fully saturated rings. The molecule has 2 aromatic heterocycles. The Bertz CT molecular complexity index is 831. The summed E-state index contributed by atoms with van der Waals surface area (Å²) in [5, 5.41) is 0. The summed E-state index contributed by atoms with van der Waals surface area (Å²) in [4.78, 5) is 25.8. The second-order valence-electron chi connectivity index (χ2n) is 8.44. The number of nitrogens with one attached hydrogen (secondary N) is 1. The number of aromatic nitrogens is 3. The van der Waals surface area contributed by atoms with E-state index in [1.165, 1.54) is 11.6 Å². The Hall–Kier alpha value is -2.05. The van der Waals surface area contributed by atoms with Gasteiger partial charge >= 0.3 is 0 Å². The van der Waals surface area contributed by atoms with Crippen molar-refractivity contribution in [2.24, 2.45) is 5.41 Å². The number of H-pyrrole nitrogens is 1. The van der Waals surface area contributed by atoms with Crippen molar-refractivity contribution in [3.63, 3.8) is 0 Å². The molecule has 1 saturated heterocycles. The number of ether oxygens (including phenoxy) is 1. The average molecular weight is 385 g/mol. The zero-order valence-corrected chi connectivity index (χ0v) is 17.5. The number of pyridine rings is 1. The third kappa shape index (κ3) is 4.67. The standard InChI is InChI=1S/C22H32N4O2/c1-5-28-16-22(10-8-19-23-12-9-20(27)25-19)11-13-26(15-22)21(3,4)18-7-6-17(2)24-14-18/h6-7,9,12,14H,5,8,10-11,13,15-16H2,1-4H3,(H,23,25,27). The third-order valence-electron chi connectivity index (χ3n) is 6.07. The summed E-state index contributed by atoms with van der Waals surface area (Å²) >= 11 is 0. The second-order valence-corrected chi connectivity index (χ2v) is 8.44. The van der Waals surface area contributed by atoms with E-state index in [2.05, 4.69) is 45.8 Å². The molecule has 6 nitrogen and oxygen atoms in total. The van der Waals surface area contributed by atoms with E-state index in [1.807, 2.05) is 20.0 Å². The van der Waals surface area contributed by atoms with Gasteiger partial charge in [-0.2, -0.15) is 0 Å². The van der Waals surface area contributed by atoms with E-state index in [1.54, 1.807) is 6.20 Å². The Balaban J connectivity index is 1.75. The van der Waals surface area contributed by atoms with Crippen LogP contribution in [0.3, 0.4) is 0 Å². The van der Waals surface area contributed by atoms with Crippen molar-refractivity contribution >= 4 is 0 Å². The van der Waals surface area contributed by atoms with Crippen LogP contribution in [-0.4, -0.2) is 46.2 Å². The molecule has 3 rings (SSSR count). The van der Waals surface area contributed by atoms with Crippen LogP contribution in [0.4, 0.5) is 0 Å². The van der Waals surface area contributed by atoms with Crippen LogP contribution >= 0.6 is 0 Å². The molecule has 1 atom stereocenters. The summed E-state index contributed by atoms with van der Waals surface area (Å²) in [5.41, 5.74) is 2.16. The fourth-order valence-electron chi connectivity index (χ4n) is 4.06. The van der Waals surface area contributed by atoms with Gasteiger partial charge in [-0.15, -0.1) is 0 Å². The molecular formula is C22H32N4O2. The van der Waals surface area contributed by atoms with Crippen LogP contribution in [0.25, 0.3) is 0 Å². The fourth-order valence-corrected chi connectivity index (χ4v) is 4.06. The van der Waals surface area contributed by atoms with E-state index in [0.717, 1.165) is 50.5 Å². The lowest BCUT2D eigenvalue weighted by Gasteiger charge is -2.38. The van der Waals surface area contributed by atoms with Gasteiger partial charge in [-0.05, 0) is 58.7 Å². The number of hydrogen-bond donors (Lipinski definition) is 1. The number of rotatable bonds is 8. The summed E-state index contributed by atoms with van der Waals surface area (Å²) in [7, 11) is 0. The Morgan fingerprint density at radius 3 is 2.79 bits per heavy atom. The van der Waals surface area contributed by atoms with Crippen molar-refractivity contribution in [3.8, 4) is 0 Å². The van der Waals surface area contributed by atoms with Crippen LogP contribution in [0.1, 0.15) is 50.7 Å². The first-order chi connectivity index (χ1) is 13.3. The van der Waals surface area contributed by atoms with Gasteiger partial charge in [0.25, 0.3) is 5.56 Å². The number of aryl methyl sites for hydroxylation is 2. The SMILES string of the molecule is CCOCC1(CCc2nccc(=O)[nH]2)CCN(C(C)(C)c2ccc(C)nc2)C1. The summed E-state index contributed by atoms with van der Waals surface area (Å²) in [5.74, 6) is 0.754. The predicted octanol–water partition coefficient (Wildman–Crippen LogP) is 3.07. The Kier molecular flexibility index (Phi) is 6.30. The predicted molar refractivity (Wildman–Crippen MR) is 110 cm³/mol. The molecule has 2 aromatic rings. The minimum absolute atomic E-state index is 0.0693. The van der Waals surface area contributed by atoms with Gasteiger partial charge in [0.05, 0.1) is 6.61 Å². The normalized spacial score (nSPS) is 20.6. The van der Waals surface area contributed by atoms with Crippen molar-refractivity contribution in [3.05, 3.63) is 58.0 Å². The highest BCUT2D eigenvalue weighted by Gasteiger charge is 2.43. The minimum Gasteiger partial charge on any atom is -0.381 e. The van der Waals surface area contributed by atoms with Gasteiger partial charge in [-0.3, -0.25) is 14.7 Å². The zero-order chi connectivity index (χ0) is 20.2. The molecule has 0 bridgehead atoms. The lowest BCUT2D eigenvalue weighted by atomic mass is 9.82. The van der Waals surface area contributed by atoms with E-state index < -0.39 is 0 Å². The Morgan fingerprint density at radius 1 is 1.29 bits per heavy atom. The molecule has 152 valence electrons. The number of hydrogen-bond acceptors (Lipinski definition) is 5.